The molecule has 166 valence electrons. The third-order valence-corrected chi connectivity index (χ3v) is 6.26. The molecule has 0 aliphatic heterocycles. The molecule has 0 fully saturated rings. The number of aryl methyl sites for hydroxylation is 1. The fraction of sp³-hybridized carbons (Fsp3) is 0.190. The highest BCUT2D eigenvalue weighted by atomic mass is 32.2. The summed E-state index contributed by atoms with van der Waals surface area (Å²) >= 11 is 2.30. The number of amides is 3. The van der Waals surface area contributed by atoms with Crippen LogP contribution in [-0.2, 0) is 11.8 Å². The van der Waals surface area contributed by atoms with Crippen molar-refractivity contribution in [2.75, 3.05) is 30.5 Å². The molecule has 3 rings (SSSR count). The quantitative estimate of drug-likeness (QED) is 0.508. The molecule has 0 atom stereocenters. The van der Waals surface area contributed by atoms with E-state index in [9.17, 15) is 14.4 Å². The van der Waals surface area contributed by atoms with Gasteiger partial charge in [-0.25, -0.2) is 0 Å². The van der Waals surface area contributed by atoms with Crippen LogP contribution in [0.3, 0.4) is 0 Å². The summed E-state index contributed by atoms with van der Waals surface area (Å²) in [5, 5.41) is 13.8. The monoisotopic (exact) mass is 470 g/mol. The SMILES string of the molecule is CN(C)C(=O)Sc1ccccc1NC(=O)c1cccc(NC(=O)CSc2nncn2C)c1. The summed E-state index contributed by atoms with van der Waals surface area (Å²) < 4.78 is 1.73. The van der Waals surface area contributed by atoms with Gasteiger partial charge in [0.1, 0.15) is 6.33 Å². The van der Waals surface area contributed by atoms with Gasteiger partial charge >= 0.3 is 0 Å². The number of hydrogen-bond acceptors (Lipinski definition) is 7. The molecular formula is C21H22N6O3S2. The van der Waals surface area contributed by atoms with Gasteiger partial charge in [-0.15, -0.1) is 10.2 Å². The second kappa shape index (κ2) is 10.8. The predicted octanol–water partition coefficient (Wildman–Crippen LogP) is 3.57. The van der Waals surface area contributed by atoms with Crippen LogP contribution in [-0.4, -0.2) is 56.6 Å². The third kappa shape index (κ3) is 6.34. The highest BCUT2D eigenvalue weighted by molar-refractivity contribution is 8.13. The Morgan fingerprint density at radius 3 is 2.56 bits per heavy atom. The van der Waals surface area contributed by atoms with Crippen molar-refractivity contribution in [2.24, 2.45) is 7.05 Å². The first-order chi connectivity index (χ1) is 15.3. The number of anilines is 2. The van der Waals surface area contributed by atoms with E-state index < -0.39 is 0 Å². The summed E-state index contributed by atoms with van der Waals surface area (Å²) in [4.78, 5) is 39.2. The Hall–Kier alpha value is -3.31. The molecule has 0 unspecified atom stereocenters. The average Bonchev–Trinajstić information content (AvgIpc) is 3.18. The van der Waals surface area contributed by atoms with Crippen molar-refractivity contribution in [3.63, 3.8) is 0 Å². The maximum atomic E-state index is 12.8. The van der Waals surface area contributed by atoms with Crippen LogP contribution in [0, 0.1) is 0 Å². The highest BCUT2D eigenvalue weighted by Gasteiger charge is 2.14. The number of hydrogen-bond donors (Lipinski definition) is 2. The highest BCUT2D eigenvalue weighted by Crippen LogP contribution is 2.29. The Kier molecular flexibility index (Phi) is 7.90. The molecule has 2 aromatic carbocycles. The summed E-state index contributed by atoms with van der Waals surface area (Å²) in [6.07, 6.45) is 1.56. The Bertz CT molecular complexity index is 1130. The van der Waals surface area contributed by atoms with Crippen molar-refractivity contribution < 1.29 is 14.4 Å². The molecule has 2 N–H and O–H groups in total. The normalized spacial score (nSPS) is 10.5. The summed E-state index contributed by atoms with van der Waals surface area (Å²) in [6, 6.07) is 13.7. The molecule has 0 radical (unpaired) electrons. The largest absolute Gasteiger partial charge is 0.339 e. The van der Waals surface area contributed by atoms with E-state index in [0.29, 0.717) is 27.0 Å². The topological polar surface area (TPSA) is 109 Å². The van der Waals surface area contributed by atoms with Crippen molar-refractivity contribution >= 4 is 52.0 Å². The zero-order valence-electron chi connectivity index (χ0n) is 17.7. The van der Waals surface area contributed by atoms with E-state index in [2.05, 4.69) is 20.8 Å². The minimum atomic E-state index is -0.347. The van der Waals surface area contributed by atoms with E-state index in [-0.39, 0.29) is 22.8 Å². The molecule has 1 aromatic heterocycles. The van der Waals surface area contributed by atoms with Gasteiger partial charge in [0, 0.05) is 37.3 Å². The van der Waals surface area contributed by atoms with Gasteiger partial charge in [-0.3, -0.25) is 14.4 Å². The van der Waals surface area contributed by atoms with Crippen LogP contribution in [0.25, 0.3) is 0 Å². The lowest BCUT2D eigenvalue weighted by Crippen LogP contribution is -2.17. The molecule has 32 heavy (non-hydrogen) atoms. The molecular weight excluding hydrogens is 448 g/mol. The van der Waals surface area contributed by atoms with Crippen molar-refractivity contribution in [3.05, 3.63) is 60.4 Å². The van der Waals surface area contributed by atoms with Crippen LogP contribution in [0.1, 0.15) is 10.4 Å². The average molecular weight is 471 g/mol. The van der Waals surface area contributed by atoms with Gasteiger partial charge in [0.25, 0.3) is 11.1 Å². The Morgan fingerprint density at radius 2 is 1.84 bits per heavy atom. The number of nitrogens with zero attached hydrogens (tertiary/aromatic N) is 4. The zero-order valence-corrected chi connectivity index (χ0v) is 19.4. The Balaban J connectivity index is 1.64. The van der Waals surface area contributed by atoms with E-state index in [4.69, 9.17) is 0 Å². The van der Waals surface area contributed by atoms with Crippen molar-refractivity contribution in [3.8, 4) is 0 Å². The molecule has 1 heterocycles. The maximum Gasteiger partial charge on any atom is 0.286 e. The molecule has 9 nitrogen and oxygen atoms in total. The van der Waals surface area contributed by atoms with Crippen LogP contribution < -0.4 is 10.6 Å². The molecule has 0 saturated carbocycles. The van der Waals surface area contributed by atoms with Gasteiger partial charge < -0.3 is 20.1 Å². The minimum absolute atomic E-state index is 0.143. The predicted molar refractivity (Wildman–Crippen MR) is 126 cm³/mol. The van der Waals surface area contributed by atoms with Crippen LogP contribution in [0.5, 0.6) is 0 Å². The molecule has 0 saturated heterocycles. The van der Waals surface area contributed by atoms with Crippen LogP contribution >= 0.6 is 23.5 Å². The molecule has 3 amide bonds. The van der Waals surface area contributed by atoms with E-state index >= 15 is 0 Å². The molecule has 0 aliphatic carbocycles. The number of carbonyl (C=O) groups is 3. The second-order valence-electron chi connectivity index (χ2n) is 6.85. The summed E-state index contributed by atoms with van der Waals surface area (Å²) in [7, 11) is 5.14. The smallest absolute Gasteiger partial charge is 0.286 e. The van der Waals surface area contributed by atoms with Gasteiger partial charge in [-0.1, -0.05) is 30.0 Å². The fourth-order valence-corrected chi connectivity index (χ4v) is 3.94. The first kappa shape index (κ1) is 23.4. The summed E-state index contributed by atoms with van der Waals surface area (Å²) in [5.74, 6) is -0.410. The maximum absolute atomic E-state index is 12.8. The van der Waals surface area contributed by atoms with E-state index in [1.54, 1.807) is 80.6 Å². The van der Waals surface area contributed by atoms with Crippen LogP contribution in [0.2, 0.25) is 0 Å². The fourth-order valence-electron chi connectivity index (χ4n) is 2.51. The van der Waals surface area contributed by atoms with E-state index in [1.165, 1.54) is 16.7 Å². The van der Waals surface area contributed by atoms with E-state index in [1.807, 2.05) is 0 Å². The molecule has 3 aromatic rings. The summed E-state index contributed by atoms with van der Waals surface area (Å²) in [5.41, 5.74) is 1.42. The van der Waals surface area contributed by atoms with Crippen molar-refractivity contribution in [2.45, 2.75) is 10.1 Å². The van der Waals surface area contributed by atoms with E-state index in [0.717, 1.165) is 11.8 Å². The number of thioether (sulfide) groups is 2. The first-order valence-corrected chi connectivity index (χ1v) is 11.3. The van der Waals surface area contributed by atoms with Crippen LogP contribution in [0.4, 0.5) is 16.2 Å². The number of carbonyl (C=O) groups excluding carboxylic acids is 3. The standard InChI is InChI=1S/C21H22N6O3S2/c1-26(2)21(30)32-17-10-5-4-9-16(17)24-19(29)14-7-6-8-15(11-14)23-18(28)12-31-20-25-22-13-27(20)3/h4-11,13H,12H2,1-3H3,(H,23,28)(H,24,29). The van der Waals surface area contributed by atoms with Gasteiger partial charge in [-0.05, 0) is 42.1 Å². The number of aromatic nitrogens is 3. The lowest BCUT2D eigenvalue weighted by molar-refractivity contribution is -0.113. The number of para-hydroxylation sites is 1. The molecule has 0 spiro atoms. The number of benzene rings is 2. The van der Waals surface area contributed by atoms with Gasteiger partial charge in [0.05, 0.1) is 11.4 Å². The second-order valence-corrected chi connectivity index (χ2v) is 8.79. The minimum Gasteiger partial charge on any atom is -0.339 e. The molecule has 0 bridgehead atoms. The van der Waals surface area contributed by atoms with Gasteiger partial charge in [-0.2, -0.15) is 0 Å². The first-order valence-electron chi connectivity index (χ1n) is 9.49. The van der Waals surface area contributed by atoms with Crippen molar-refractivity contribution in [1.82, 2.24) is 19.7 Å². The Morgan fingerprint density at radius 1 is 1.06 bits per heavy atom. The molecule has 11 heteroatoms. The lowest BCUT2D eigenvalue weighted by atomic mass is 10.2. The number of rotatable bonds is 7. The number of nitrogens with one attached hydrogen (secondary N) is 2. The van der Waals surface area contributed by atoms with Gasteiger partial charge in [0.2, 0.25) is 5.91 Å². The Labute approximate surface area is 194 Å². The van der Waals surface area contributed by atoms with Crippen molar-refractivity contribution in [1.29, 1.82) is 0 Å². The van der Waals surface area contributed by atoms with Gasteiger partial charge in [0.15, 0.2) is 5.16 Å². The zero-order chi connectivity index (χ0) is 23.1. The summed E-state index contributed by atoms with van der Waals surface area (Å²) in [6.45, 7) is 0. The third-order valence-electron chi connectivity index (χ3n) is 4.11. The van der Waals surface area contributed by atoms with Crippen LogP contribution in [0.15, 0.2) is 64.9 Å². The lowest BCUT2D eigenvalue weighted by Gasteiger charge is -2.13. The molecule has 0 aliphatic rings.